The molecule has 0 radical (unpaired) electrons. The molecule has 0 aliphatic rings. The molecule has 1 aromatic carbocycles. The van der Waals surface area contributed by atoms with E-state index in [-0.39, 0.29) is 18.5 Å². The van der Waals surface area contributed by atoms with Gasteiger partial charge in [-0.3, -0.25) is 0 Å². The zero-order valence-corrected chi connectivity index (χ0v) is 10.9. The fraction of sp³-hybridized carbons (Fsp3) is 0.200. The molecule has 1 atom stereocenters. The lowest BCUT2D eigenvalue weighted by molar-refractivity contribution is 0.265. The molecule has 0 fully saturated rings. The minimum Gasteiger partial charge on any atom is -0.438 e. The first-order valence-corrected chi connectivity index (χ1v) is 6.21. The maximum atomic E-state index is 8.96. The fourth-order valence-corrected chi connectivity index (χ4v) is 1.73. The van der Waals surface area contributed by atoms with E-state index < -0.39 is 0 Å². The van der Waals surface area contributed by atoms with Gasteiger partial charge in [0.2, 0.25) is 5.88 Å². The molecule has 102 valence electrons. The number of aliphatic hydroxyl groups is 1. The smallest absolute Gasteiger partial charge is 0.237 e. The lowest BCUT2D eigenvalue weighted by atomic mass is 10.1. The molecule has 1 aromatic heterocycles. The topological polar surface area (TPSA) is 92.2 Å². The Balaban J connectivity index is 2.09. The molecule has 0 unspecified atom stereocenters. The van der Waals surface area contributed by atoms with Gasteiger partial charge in [0.25, 0.3) is 0 Å². The van der Waals surface area contributed by atoms with Gasteiger partial charge in [0, 0.05) is 12.2 Å². The van der Waals surface area contributed by atoms with Crippen molar-refractivity contribution in [3.8, 4) is 17.7 Å². The van der Waals surface area contributed by atoms with Crippen LogP contribution in [0.4, 0.5) is 0 Å². The van der Waals surface area contributed by atoms with Crippen molar-refractivity contribution in [1.82, 2.24) is 4.98 Å². The Kier molecular flexibility index (Phi) is 4.66. The largest absolute Gasteiger partial charge is 0.438 e. The van der Waals surface area contributed by atoms with Crippen molar-refractivity contribution in [1.29, 1.82) is 5.26 Å². The lowest BCUT2D eigenvalue weighted by Crippen LogP contribution is -2.26. The van der Waals surface area contributed by atoms with Gasteiger partial charge in [-0.2, -0.15) is 5.26 Å². The van der Waals surface area contributed by atoms with Gasteiger partial charge in [-0.15, -0.1) is 0 Å². The van der Waals surface area contributed by atoms with Crippen LogP contribution in [0.1, 0.15) is 11.1 Å². The Hall–Kier alpha value is -2.42. The third-order valence-electron chi connectivity index (χ3n) is 2.76. The van der Waals surface area contributed by atoms with E-state index >= 15 is 0 Å². The maximum Gasteiger partial charge on any atom is 0.237 e. The highest BCUT2D eigenvalue weighted by Gasteiger charge is 2.06. The molecule has 2 aromatic rings. The summed E-state index contributed by atoms with van der Waals surface area (Å²) in [5.41, 5.74) is 7.08. The Morgan fingerprint density at radius 2 is 2.05 bits per heavy atom. The van der Waals surface area contributed by atoms with Crippen LogP contribution in [0.3, 0.4) is 0 Å². The number of nitriles is 1. The average Bonchev–Trinajstić information content (AvgIpc) is 2.49. The van der Waals surface area contributed by atoms with Gasteiger partial charge in [0.1, 0.15) is 17.4 Å². The van der Waals surface area contributed by atoms with Crippen LogP contribution >= 0.6 is 0 Å². The standard InChI is InChI=1S/C15H15N3O2/c16-9-12-2-1-7-18-15(12)20-14-5-3-11(4-6-14)8-13(17)10-19/h1-7,13,19H,8,10,17H2/t13-/m0/s1. The van der Waals surface area contributed by atoms with Crippen molar-refractivity contribution in [2.24, 2.45) is 5.73 Å². The van der Waals surface area contributed by atoms with Crippen molar-refractivity contribution < 1.29 is 9.84 Å². The van der Waals surface area contributed by atoms with Crippen LogP contribution in [0.25, 0.3) is 0 Å². The van der Waals surface area contributed by atoms with Gasteiger partial charge >= 0.3 is 0 Å². The number of pyridine rings is 1. The van der Waals surface area contributed by atoms with E-state index in [9.17, 15) is 0 Å². The van der Waals surface area contributed by atoms with Crippen LogP contribution in [-0.4, -0.2) is 22.7 Å². The third-order valence-corrected chi connectivity index (χ3v) is 2.76. The molecule has 0 aliphatic heterocycles. The second-order valence-electron chi connectivity index (χ2n) is 4.36. The Morgan fingerprint density at radius 1 is 1.30 bits per heavy atom. The summed E-state index contributed by atoms with van der Waals surface area (Å²) in [5.74, 6) is 0.885. The van der Waals surface area contributed by atoms with Gasteiger partial charge in [-0.05, 0) is 36.2 Å². The molecule has 1 heterocycles. The number of aromatic nitrogens is 1. The summed E-state index contributed by atoms with van der Waals surface area (Å²) in [4.78, 5) is 4.03. The molecule has 5 heteroatoms. The van der Waals surface area contributed by atoms with E-state index in [0.29, 0.717) is 17.7 Å². The number of hydrogen-bond acceptors (Lipinski definition) is 5. The van der Waals surface area contributed by atoms with E-state index in [2.05, 4.69) is 4.98 Å². The van der Waals surface area contributed by atoms with E-state index in [0.717, 1.165) is 5.56 Å². The Morgan fingerprint density at radius 3 is 2.70 bits per heavy atom. The molecule has 3 N–H and O–H groups in total. The van der Waals surface area contributed by atoms with Crippen molar-refractivity contribution in [3.63, 3.8) is 0 Å². The number of benzene rings is 1. The Bertz CT molecular complexity index is 605. The van der Waals surface area contributed by atoms with Gasteiger partial charge in [-0.1, -0.05) is 12.1 Å². The fourth-order valence-electron chi connectivity index (χ4n) is 1.73. The van der Waals surface area contributed by atoms with Gasteiger partial charge < -0.3 is 15.6 Å². The second kappa shape index (κ2) is 6.66. The van der Waals surface area contributed by atoms with Crippen molar-refractivity contribution >= 4 is 0 Å². The molecule has 0 aliphatic carbocycles. The summed E-state index contributed by atoms with van der Waals surface area (Å²) >= 11 is 0. The SMILES string of the molecule is N#Cc1cccnc1Oc1ccc(C[C@H](N)CO)cc1. The highest BCUT2D eigenvalue weighted by atomic mass is 16.5. The van der Waals surface area contributed by atoms with Crippen LogP contribution in [-0.2, 0) is 6.42 Å². The van der Waals surface area contributed by atoms with E-state index in [1.165, 1.54) is 0 Å². The maximum absolute atomic E-state index is 8.96. The predicted molar refractivity (Wildman–Crippen MR) is 74.2 cm³/mol. The van der Waals surface area contributed by atoms with Crippen LogP contribution in [0.5, 0.6) is 11.6 Å². The minimum atomic E-state index is -0.261. The Labute approximate surface area is 117 Å². The quantitative estimate of drug-likeness (QED) is 0.860. The van der Waals surface area contributed by atoms with Gasteiger partial charge in [0.05, 0.1) is 6.61 Å². The van der Waals surface area contributed by atoms with Crippen LogP contribution in [0.2, 0.25) is 0 Å². The number of nitrogens with zero attached hydrogens (tertiary/aromatic N) is 2. The van der Waals surface area contributed by atoms with E-state index in [1.807, 2.05) is 18.2 Å². The van der Waals surface area contributed by atoms with Crippen molar-refractivity contribution in [2.45, 2.75) is 12.5 Å². The van der Waals surface area contributed by atoms with Crippen LogP contribution in [0, 0.1) is 11.3 Å². The summed E-state index contributed by atoms with van der Waals surface area (Å²) < 4.78 is 5.57. The number of hydrogen-bond donors (Lipinski definition) is 2. The lowest BCUT2D eigenvalue weighted by Gasteiger charge is -2.09. The van der Waals surface area contributed by atoms with Gasteiger partial charge in [-0.25, -0.2) is 4.98 Å². The number of aliphatic hydroxyl groups excluding tert-OH is 1. The first-order chi connectivity index (χ1) is 9.72. The van der Waals surface area contributed by atoms with Crippen LogP contribution in [0.15, 0.2) is 42.6 Å². The highest BCUT2D eigenvalue weighted by Crippen LogP contribution is 2.22. The monoisotopic (exact) mass is 269 g/mol. The minimum absolute atomic E-state index is 0.0439. The average molecular weight is 269 g/mol. The summed E-state index contributed by atoms with van der Waals surface area (Å²) in [6.07, 6.45) is 2.18. The highest BCUT2D eigenvalue weighted by molar-refractivity contribution is 5.40. The predicted octanol–water partition coefficient (Wildman–Crippen LogP) is 1.61. The van der Waals surface area contributed by atoms with E-state index in [1.54, 1.807) is 30.5 Å². The molecular formula is C15H15N3O2. The molecule has 0 spiro atoms. The summed E-state index contributed by atoms with van der Waals surface area (Å²) in [6, 6.07) is 12.4. The first kappa shape index (κ1) is 14.0. The molecule has 20 heavy (non-hydrogen) atoms. The number of nitrogens with two attached hydrogens (primary N) is 1. The summed E-state index contributed by atoms with van der Waals surface area (Å²) in [5, 5.41) is 17.9. The molecule has 0 saturated carbocycles. The number of ether oxygens (including phenoxy) is 1. The molecule has 0 bridgehead atoms. The molecule has 0 saturated heterocycles. The van der Waals surface area contributed by atoms with Crippen LogP contribution < -0.4 is 10.5 Å². The molecular weight excluding hydrogens is 254 g/mol. The second-order valence-corrected chi connectivity index (χ2v) is 4.36. The normalized spacial score (nSPS) is 11.7. The van der Waals surface area contributed by atoms with E-state index in [4.69, 9.17) is 20.8 Å². The molecule has 5 nitrogen and oxygen atoms in total. The zero-order chi connectivity index (χ0) is 14.4. The molecule has 2 rings (SSSR count). The summed E-state index contributed by atoms with van der Waals surface area (Å²) in [6.45, 7) is -0.0439. The third kappa shape index (κ3) is 3.54. The number of rotatable bonds is 5. The molecule has 0 amide bonds. The van der Waals surface area contributed by atoms with Gasteiger partial charge in [0.15, 0.2) is 0 Å². The zero-order valence-electron chi connectivity index (χ0n) is 10.9. The summed E-state index contributed by atoms with van der Waals surface area (Å²) in [7, 11) is 0. The first-order valence-electron chi connectivity index (χ1n) is 6.21. The van der Waals surface area contributed by atoms with Crippen molar-refractivity contribution in [2.75, 3.05) is 6.61 Å². The van der Waals surface area contributed by atoms with Crippen molar-refractivity contribution in [3.05, 3.63) is 53.7 Å².